The van der Waals surface area contributed by atoms with E-state index in [0.29, 0.717) is 5.92 Å². The number of hydrogen-bond donors (Lipinski definition) is 1. The number of carbonyl (C=O) groups excluding carboxylic acids is 1. The summed E-state index contributed by atoms with van der Waals surface area (Å²) in [5, 5.41) is 0. The molecule has 0 heterocycles. The van der Waals surface area contributed by atoms with Crippen LogP contribution in [0.4, 0.5) is 0 Å². The molecule has 1 fully saturated rings. The molecule has 1 saturated carbocycles. The van der Waals surface area contributed by atoms with E-state index in [9.17, 15) is 4.79 Å². The number of rotatable bonds is 4. The number of benzene rings is 1. The first-order valence-corrected chi connectivity index (χ1v) is 7.23. The van der Waals surface area contributed by atoms with Crippen molar-refractivity contribution in [1.82, 2.24) is 0 Å². The Morgan fingerprint density at radius 2 is 2.00 bits per heavy atom. The van der Waals surface area contributed by atoms with E-state index in [4.69, 9.17) is 10.5 Å². The first-order valence-electron chi connectivity index (χ1n) is 7.23. The van der Waals surface area contributed by atoms with Gasteiger partial charge in [0.05, 0.1) is 0 Å². The summed E-state index contributed by atoms with van der Waals surface area (Å²) in [6.07, 6.45) is 5.66. The van der Waals surface area contributed by atoms with Crippen LogP contribution in [0.1, 0.15) is 50.6 Å². The van der Waals surface area contributed by atoms with Gasteiger partial charge in [0.2, 0.25) is 0 Å². The highest BCUT2D eigenvalue weighted by Gasteiger charge is 2.29. The van der Waals surface area contributed by atoms with Gasteiger partial charge < -0.3 is 10.5 Å². The summed E-state index contributed by atoms with van der Waals surface area (Å²) in [5.41, 5.74) is 6.78. The average molecular weight is 261 g/mol. The molecule has 1 aliphatic carbocycles. The highest BCUT2D eigenvalue weighted by molar-refractivity contribution is 5.77. The second-order valence-electron chi connectivity index (χ2n) is 5.32. The zero-order chi connectivity index (χ0) is 13.7. The third kappa shape index (κ3) is 3.57. The van der Waals surface area contributed by atoms with E-state index in [1.165, 1.54) is 6.42 Å². The van der Waals surface area contributed by atoms with Gasteiger partial charge in [-0.2, -0.15) is 0 Å². The van der Waals surface area contributed by atoms with Crippen LogP contribution in [0.5, 0.6) is 0 Å². The molecule has 1 aromatic carbocycles. The minimum Gasteiger partial charge on any atom is -0.461 e. The second-order valence-corrected chi connectivity index (χ2v) is 5.32. The number of nitrogens with two attached hydrogens (primary N) is 1. The lowest BCUT2D eigenvalue weighted by molar-refractivity contribution is -0.155. The molecule has 3 nitrogen and oxygen atoms in total. The normalized spacial score (nSPS) is 24.7. The van der Waals surface area contributed by atoms with E-state index >= 15 is 0 Å². The number of hydrogen-bond acceptors (Lipinski definition) is 3. The third-order valence-corrected chi connectivity index (χ3v) is 4.04. The zero-order valence-electron chi connectivity index (χ0n) is 11.5. The molecule has 2 N–H and O–H groups in total. The van der Waals surface area contributed by atoms with Crippen molar-refractivity contribution in [2.45, 2.75) is 51.2 Å². The highest BCUT2D eigenvalue weighted by atomic mass is 16.5. The lowest BCUT2D eigenvalue weighted by Crippen LogP contribution is -2.34. The minimum absolute atomic E-state index is 0.0565. The Morgan fingerprint density at radius 1 is 1.32 bits per heavy atom. The van der Waals surface area contributed by atoms with Crippen LogP contribution in [-0.4, -0.2) is 12.1 Å². The molecule has 3 heteroatoms. The van der Waals surface area contributed by atoms with Crippen molar-refractivity contribution in [2.75, 3.05) is 0 Å². The topological polar surface area (TPSA) is 52.3 Å². The Balaban J connectivity index is 1.96. The summed E-state index contributed by atoms with van der Waals surface area (Å²) < 4.78 is 5.65. The van der Waals surface area contributed by atoms with Gasteiger partial charge >= 0.3 is 5.97 Å². The van der Waals surface area contributed by atoms with Gasteiger partial charge in [0, 0.05) is 0 Å². The number of ether oxygens (including phenoxy) is 1. The maximum atomic E-state index is 12.1. The molecule has 3 atom stereocenters. The molecule has 0 bridgehead atoms. The van der Waals surface area contributed by atoms with Crippen molar-refractivity contribution in [1.29, 1.82) is 0 Å². The molecule has 1 aliphatic rings. The monoisotopic (exact) mass is 261 g/mol. The molecule has 0 radical (unpaired) electrons. The Kier molecular flexibility index (Phi) is 4.97. The molecule has 0 aliphatic heterocycles. The summed E-state index contributed by atoms with van der Waals surface area (Å²) in [6.45, 7) is 2.16. The van der Waals surface area contributed by atoms with Gasteiger partial charge in [-0.1, -0.05) is 43.7 Å². The predicted octanol–water partition coefficient (Wildman–Crippen LogP) is 3.20. The Labute approximate surface area is 115 Å². The first-order chi connectivity index (χ1) is 9.22. The number of esters is 1. The molecule has 0 amide bonds. The smallest absolute Gasteiger partial charge is 0.327 e. The molecule has 3 unspecified atom stereocenters. The molecule has 0 saturated heterocycles. The Bertz CT molecular complexity index is 404. The largest absolute Gasteiger partial charge is 0.461 e. The summed E-state index contributed by atoms with van der Waals surface area (Å²) >= 11 is 0. The Morgan fingerprint density at radius 3 is 2.68 bits per heavy atom. The standard InChI is InChI=1S/C16H23NO2/c1-2-12-8-6-7-11-14(12)19-16(18)15(17)13-9-4-3-5-10-13/h3-5,9-10,12,14-15H,2,6-8,11,17H2,1H3. The van der Waals surface area contributed by atoms with E-state index in [1.54, 1.807) is 0 Å². The van der Waals surface area contributed by atoms with Crippen molar-refractivity contribution in [3.8, 4) is 0 Å². The van der Waals surface area contributed by atoms with E-state index in [2.05, 4.69) is 6.92 Å². The lowest BCUT2D eigenvalue weighted by Gasteiger charge is -2.31. The average Bonchev–Trinajstić information content (AvgIpc) is 2.48. The van der Waals surface area contributed by atoms with Gasteiger partial charge in [-0.15, -0.1) is 0 Å². The quantitative estimate of drug-likeness (QED) is 0.847. The van der Waals surface area contributed by atoms with Crippen LogP contribution in [0.3, 0.4) is 0 Å². The first kappa shape index (κ1) is 14.1. The predicted molar refractivity (Wildman–Crippen MR) is 75.5 cm³/mol. The molecule has 0 spiro atoms. The van der Waals surface area contributed by atoms with Gasteiger partial charge in [0.15, 0.2) is 0 Å². The van der Waals surface area contributed by atoms with Crippen LogP contribution < -0.4 is 5.73 Å². The molecular formula is C16H23NO2. The summed E-state index contributed by atoms with van der Waals surface area (Å²) in [5.74, 6) is 0.206. The van der Waals surface area contributed by atoms with Crippen LogP contribution >= 0.6 is 0 Å². The SMILES string of the molecule is CCC1CCCCC1OC(=O)C(N)c1ccccc1. The van der Waals surface area contributed by atoms with Crippen LogP contribution in [0.25, 0.3) is 0 Å². The van der Waals surface area contributed by atoms with Crippen LogP contribution in [0.15, 0.2) is 30.3 Å². The molecule has 0 aromatic heterocycles. The fourth-order valence-corrected chi connectivity index (χ4v) is 2.81. The summed E-state index contributed by atoms with van der Waals surface area (Å²) in [4.78, 5) is 12.1. The van der Waals surface area contributed by atoms with Gasteiger partial charge in [0.1, 0.15) is 12.1 Å². The van der Waals surface area contributed by atoms with Crippen LogP contribution in [-0.2, 0) is 9.53 Å². The highest BCUT2D eigenvalue weighted by Crippen LogP contribution is 2.30. The zero-order valence-corrected chi connectivity index (χ0v) is 11.5. The van der Waals surface area contributed by atoms with Crippen molar-refractivity contribution in [3.63, 3.8) is 0 Å². The van der Waals surface area contributed by atoms with Crippen molar-refractivity contribution in [3.05, 3.63) is 35.9 Å². The number of carbonyl (C=O) groups is 1. The summed E-state index contributed by atoms with van der Waals surface area (Å²) in [6, 6.07) is 8.75. The van der Waals surface area contributed by atoms with Crippen molar-refractivity contribution >= 4 is 5.97 Å². The fraction of sp³-hybridized carbons (Fsp3) is 0.562. The van der Waals surface area contributed by atoms with Crippen LogP contribution in [0.2, 0.25) is 0 Å². The van der Waals surface area contributed by atoms with Crippen molar-refractivity contribution in [2.24, 2.45) is 11.7 Å². The molecular weight excluding hydrogens is 238 g/mol. The van der Waals surface area contributed by atoms with E-state index in [-0.39, 0.29) is 12.1 Å². The van der Waals surface area contributed by atoms with Gasteiger partial charge in [-0.25, -0.2) is 4.79 Å². The Hall–Kier alpha value is -1.35. The maximum Gasteiger partial charge on any atom is 0.327 e. The second kappa shape index (κ2) is 6.71. The van der Waals surface area contributed by atoms with Gasteiger partial charge in [-0.05, 0) is 37.2 Å². The van der Waals surface area contributed by atoms with Gasteiger partial charge in [-0.3, -0.25) is 0 Å². The molecule has 19 heavy (non-hydrogen) atoms. The maximum absolute atomic E-state index is 12.1. The molecule has 104 valence electrons. The van der Waals surface area contributed by atoms with Crippen molar-refractivity contribution < 1.29 is 9.53 Å². The molecule has 1 aromatic rings. The minimum atomic E-state index is -0.666. The van der Waals surface area contributed by atoms with E-state index < -0.39 is 6.04 Å². The summed E-state index contributed by atoms with van der Waals surface area (Å²) in [7, 11) is 0. The molecule has 2 rings (SSSR count). The van der Waals surface area contributed by atoms with Crippen LogP contribution in [0, 0.1) is 5.92 Å². The third-order valence-electron chi connectivity index (χ3n) is 4.04. The lowest BCUT2D eigenvalue weighted by atomic mass is 9.84. The van der Waals surface area contributed by atoms with E-state index in [0.717, 1.165) is 31.2 Å². The van der Waals surface area contributed by atoms with Gasteiger partial charge in [0.25, 0.3) is 0 Å². The van der Waals surface area contributed by atoms with E-state index in [1.807, 2.05) is 30.3 Å². The fourth-order valence-electron chi connectivity index (χ4n) is 2.81.